The van der Waals surface area contributed by atoms with E-state index >= 15 is 0 Å². The summed E-state index contributed by atoms with van der Waals surface area (Å²) in [7, 11) is 0. The monoisotopic (exact) mass is 568 g/mol. The van der Waals surface area contributed by atoms with Crippen LogP contribution in [0.3, 0.4) is 0 Å². The van der Waals surface area contributed by atoms with E-state index in [1.54, 1.807) is 0 Å². The molecule has 1 aliphatic heterocycles. The number of benzene rings is 5. The van der Waals surface area contributed by atoms with Crippen LogP contribution in [0.2, 0.25) is 0 Å². The van der Waals surface area contributed by atoms with E-state index < -0.39 is 0 Å². The summed E-state index contributed by atoms with van der Waals surface area (Å²) < 4.78 is 10.8. The van der Waals surface area contributed by atoms with Crippen molar-refractivity contribution in [2.24, 2.45) is 0 Å². The van der Waals surface area contributed by atoms with Gasteiger partial charge in [-0.15, -0.1) is 0 Å². The SMILES string of the molecule is CC1(C)c2cccnc2-n2c3cc(Oc4cccc(-n5ncc6cc(-c7ccccc7)ccc65)c4)ccc3c3cccc1c32. The maximum Gasteiger partial charge on any atom is 0.141 e. The van der Waals surface area contributed by atoms with Crippen LogP contribution in [0, 0.1) is 0 Å². The van der Waals surface area contributed by atoms with Gasteiger partial charge >= 0.3 is 0 Å². The molecule has 5 nitrogen and oxygen atoms in total. The molecule has 5 heteroatoms. The second kappa shape index (κ2) is 9.16. The quantitative estimate of drug-likeness (QED) is 0.212. The van der Waals surface area contributed by atoms with Gasteiger partial charge in [0.05, 0.1) is 28.4 Å². The minimum Gasteiger partial charge on any atom is -0.457 e. The van der Waals surface area contributed by atoms with Crippen molar-refractivity contribution in [3.05, 3.63) is 145 Å². The number of nitrogens with zero attached hydrogens (tertiary/aromatic N) is 4. The predicted molar refractivity (Wildman–Crippen MR) is 177 cm³/mol. The van der Waals surface area contributed by atoms with E-state index in [9.17, 15) is 0 Å². The molecule has 0 saturated carbocycles. The third-order valence-electron chi connectivity index (χ3n) is 9.08. The molecule has 0 atom stereocenters. The number of aromatic nitrogens is 4. The van der Waals surface area contributed by atoms with Gasteiger partial charge in [0.1, 0.15) is 17.3 Å². The lowest BCUT2D eigenvalue weighted by molar-refractivity contribution is 0.483. The van der Waals surface area contributed by atoms with E-state index in [-0.39, 0.29) is 5.41 Å². The number of pyridine rings is 1. The number of ether oxygens (including phenoxy) is 1. The number of para-hydroxylation sites is 1. The van der Waals surface area contributed by atoms with E-state index in [4.69, 9.17) is 14.8 Å². The molecule has 44 heavy (non-hydrogen) atoms. The summed E-state index contributed by atoms with van der Waals surface area (Å²) in [5, 5.41) is 8.25. The Kier molecular flexibility index (Phi) is 5.18. The summed E-state index contributed by atoms with van der Waals surface area (Å²) in [5.74, 6) is 2.51. The summed E-state index contributed by atoms with van der Waals surface area (Å²) in [6, 6.07) is 42.2. The second-order valence-corrected chi connectivity index (χ2v) is 12.0. The molecule has 5 aromatic carbocycles. The molecule has 0 saturated heterocycles. The molecular formula is C39H28N4O. The average Bonchev–Trinajstić information content (AvgIpc) is 3.63. The van der Waals surface area contributed by atoms with Gasteiger partial charge in [0.15, 0.2) is 0 Å². The molecule has 1 aliphatic rings. The summed E-state index contributed by atoms with van der Waals surface area (Å²) in [6.45, 7) is 4.58. The Morgan fingerprint density at radius 2 is 1.48 bits per heavy atom. The van der Waals surface area contributed by atoms with Crippen LogP contribution >= 0.6 is 0 Å². The van der Waals surface area contributed by atoms with Crippen molar-refractivity contribution in [2.45, 2.75) is 19.3 Å². The molecule has 0 fully saturated rings. The van der Waals surface area contributed by atoms with Crippen LogP contribution in [-0.2, 0) is 5.41 Å². The zero-order valence-corrected chi connectivity index (χ0v) is 24.4. The van der Waals surface area contributed by atoms with Gasteiger partial charge in [0, 0.05) is 45.5 Å². The zero-order valence-electron chi connectivity index (χ0n) is 24.4. The Hall–Kier alpha value is -5.68. The summed E-state index contributed by atoms with van der Waals surface area (Å²) in [5.41, 5.74) is 9.06. The van der Waals surface area contributed by atoms with Gasteiger partial charge in [0.2, 0.25) is 0 Å². The van der Waals surface area contributed by atoms with Crippen molar-refractivity contribution in [1.29, 1.82) is 0 Å². The highest BCUT2D eigenvalue weighted by Gasteiger charge is 2.35. The number of rotatable bonds is 4. The fourth-order valence-corrected chi connectivity index (χ4v) is 6.91. The molecule has 9 rings (SSSR count). The van der Waals surface area contributed by atoms with Crippen LogP contribution in [0.1, 0.15) is 25.0 Å². The first-order valence-corrected chi connectivity index (χ1v) is 14.9. The molecular weight excluding hydrogens is 540 g/mol. The normalized spacial score (nSPS) is 13.4. The van der Waals surface area contributed by atoms with E-state index in [1.807, 2.05) is 47.4 Å². The topological polar surface area (TPSA) is 44.9 Å². The Bertz CT molecular complexity index is 2400. The van der Waals surface area contributed by atoms with Crippen LogP contribution < -0.4 is 4.74 Å². The first-order chi connectivity index (χ1) is 21.6. The predicted octanol–water partition coefficient (Wildman–Crippen LogP) is 9.62. The van der Waals surface area contributed by atoms with Gasteiger partial charge in [0.25, 0.3) is 0 Å². The summed E-state index contributed by atoms with van der Waals surface area (Å²) in [4.78, 5) is 4.87. The fraction of sp³-hybridized carbons (Fsp3) is 0.0769. The molecule has 210 valence electrons. The van der Waals surface area contributed by atoms with Gasteiger partial charge in [-0.3, -0.25) is 4.57 Å². The first-order valence-electron chi connectivity index (χ1n) is 14.9. The van der Waals surface area contributed by atoms with Crippen molar-refractivity contribution in [2.75, 3.05) is 0 Å². The minimum atomic E-state index is -0.146. The van der Waals surface area contributed by atoms with Gasteiger partial charge in [-0.2, -0.15) is 5.10 Å². The molecule has 0 N–H and O–H groups in total. The summed E-state index contributed by atoms with van der Waals surface area (Å²) >= 11 is 0. The second-order valence-electron chi connectivity index (χ2n) is 12.0. The molecule has 3 aromatic heterocycles. The Labute approximate surface area is 254 Å². The van der Waals surface area contributed by atoms with E-state index in [1.165, 1.54) is 38.5 Å². The first kappa shape index (κ1) is 24.9. The fourth-order valence-electron chi connectivity index (χ4n) is 6.91. The Morgan fingerprint density at radius 3 is 2.39 bits per heavy atom. The third-order valence-corrected chi connectivity index (χ3v) is 9.08. The van der Waals surface area contributed by atoms with Crippen LogP contribution in [0.5, 0.6) is 11.5 Å². The van der Waals surface area contributed by atoms with Crippen LogP contribution in [0.25, 0.3) is 55.3 Å². The van der Waals surface area contributed by atoms with E-state index in [2.05, 4.69) is 109 Å². The molecule has 0 unspecified atom stereocenters. The van der Waals surface area contributed by atoms with Crippen molar-refractivity contribution < 1.29 is 4.74 Å². The van der Waals surface area contributed by atoms with Crippen molar-refractivity contribution in [3.8, 4) is 34.1 Å². The standard InChI is InChI=1S/C39H28N4O/c1-39(2)33-14-7-13-32-31-18-17-30(23-36(31)42(37(32)33)38-34(39)15-8-20-40-38)44-29-12-6-11-28(22-29)43-35-19-16-26(21-27(35)24-41-43)25-9-4-3-5-10-25/h3-24H,1-2H3. The number of hydrogen-bond acceptors (Lipinski definition) is 3. The highest BCUT2D eigenvalue weighted by molar-refractivity contribution is 6.11. The van der Waals surface area contributed by atoms with Crippen molar-refractivity contribution >= 4 is 32.7 Å². The van der Waals surface area contributed by atoms with Gasteiger partial charge in [-0.05, 0) is 59.2 Å². The highest BCUT2D eigenvalue weighted by Crippen LogP contribution is 2.47. The van der Waals surface area contributed by atoms with Crippen LogP contribution in [0.4, 0.5) is 0 Å². The van der Waals surface area contributed by atoms with Gasteiger partial charge in [-0.25, -0.2) is 9.67 Å². The van der Waals surface area contributed by atoms with Gasteiger partial charge in [-0.1, -0.05) is 80.6 Å². The van der Waals surface area contributed by atoms with Crippen LogP contribution in [0.15, 0.2) is 134 Å². The van der Waals surface area contributed by atoms with E-state index in [0.29, 0.717) is 0 Å². The average molecular weight is 569 g/mol. The molecule has 4 heterocycles. The Morgan fingerprint density at radius 1 is 0.636 bits per heavy atom. The Balaban J connectivity index is 1.11. The number of hydrogen-bond donors (Lipinski definition) is 0. The lowest BCUT2D eigenvalue weighted by atomic mass is 9.76. The van der Waals surface area contributed by atoms with Crippen molar-refractivity contribution in [1.82, 2.24) is 19.3 Å². The molecule has 0 aliphatic carbocycles. The van der Waals surface area contributed by atoms with Crippen molar-refractivity contribution in [3.63, 3.8) is 0 Å². The zero-order chi connectivity index (χ0) is 29.4. The van der Waals surface area contributed by atoms with E-state index in [0.717, 1.165) is 39.4 Å². The number of fused-ring (bicyclic) bond motifs is 6. The minimum absolute atomic E-state index is 0.146. The highest BCUT2D eigenvalue weighted by atomic mass is 16.5. The van der Waals surface area contributed by atoms with Crippen LogP contribution in [-0.4, -0.2) is 19.3 Å². The molecule has 0 spiro atoms. The molecule has 0 radical (unpaired) electrons. The van der Waals surface area contributed by atoms with Gasteiger partial charge < -0.3 is 4.74 Å². The molecule has 8 aromatic rings. The molecule has 0 bridgehead atoms. The maximum atomic E-state index is 6.51. The third kappa shape index (κ3) is 3.59. The summed E-state index contributed by atoms with van der Waals surface area (Å²) in [6.07, 6.45) is 3.81. The smallest absolute Gasteiger partial charge is 0.141 e. The molecule has 0 amide bonds. The lowest BCUT2D eigenvalue weighted by Crippen LogP contribution is -2.26. The lowest BCUT2D eigenvalue weighted by Gasteiger charge is -2.33. The maximum absolute atomic E-state index is 6.51. The largest absolute Gasteiger partial charge is 0.457 e.